The molecule has 0 aliphatic rings. The summed E-state index contributed by atoms with van der Waals surface area (Å²) < 4.78 is 40.7. The van der Waals surface area contributed by atoms with E-state index in [4.69, 9.17) is 16.4 Å². The molecule has 3 rings (SSSR count). The first-order chi connectivity index (χ1) is 14.1. The van der Waals surface area contributed by atoms with Crippen LogP contribution in [0.2, 0.25) is 5.02 Å². The molecule has 156 valence electrons. The molecule has 1 heterocycles. The van der Waals surface area contributed by atoms with E-state index in [0.717, 1.165) is 12.1 Å². The molecule has 0 bridgehead atoms. The Hall–Kier alpha value is -3.26. The Kier molecular flexibility index (Phi) is 6.17. The molecule has 0 aliphatic carbocycles. The molecule has 1 aromatic heterocycles. The second-order valence-corrected chi connectivity index (χ2v) is 6.89. The van der Waals surface area contributed by atoms with Crippen molar-refractivity contribution in [2.24, 2.45) is 5.16 Å². The van der Waals surface area contributed by atoms with E-state index in [1.165, 1.54) is 12.3 Å². The van der Waals surface area contributed by atoms with Gasteiger partial charge >= 0.3 is 12.3 Å². The lowest BCUT2D eigenvalue weighted by Gasteiger charge is -2.13. The maximum atomic E-state index is 13.0. The Bertz CT molecular complexity index is 1090. The van der Waals surface area contributed by atoms with Crippen LogP contribution < -0.4 is 5.32 Å². The van der Waals surface area contributed by atoms with Crippen molar-refractivity contribution in [2.45, 2.75) is 20.0 Å². The Balaban J connectivity index is 1.74. The highest BCUT2D eigenvalue weighted by molar-refractivity contribution is 6.30. The second kappa shape index (κ2) is 8.62. The molecule has 2 aromatic carbocycles. The number of aryl methyl sites for hydroxylation is 1. The molecule has 0 aliphatic heterocycles. The highest BCUT2D eigenvalue weighted by atomic mass is 35.5. The molecule has 1 N–H and O–H groups in total. The Morgan fingerprint density at radius 2 is 1.83 bits per heavy atom. The molecule has 0 atom stereocenters. The van der Waals surface area contributed by atoms with Gasteiger partial charge in [-0.1, -0.05) is 22.8 Å². The lowest BCUT2D eigenvalue weighted by Crippen LogP contribution is -2.10. The minimum absolute atomic E-state index is 0.376. The first-order valence-corrected chi connectivity index (χ1v) is 9.16. The first kappa shape index (κ1) is 21.4. The number of alkyl halides is 3. The van der Waals surface area contributed by atoms with Crippen LogP contribution in [-0.4, -0.2) is 16.9 Å². The van der Waals surface area contributed by atoms with Crippen LogP contribution in [0, 0.1) is 13.8 Å². The third-order valence-electron chi connectivity index (χ3n) is 4.32. The van der Waals surface area contributed by atoms with E-state index in [-0.39, 0.29) is 0 Å². The molecule has 9 heteroatoms. The van der Waals surface area contributed by atoms with Crippen LogP contribution in [0.1, 0.15) is 22.5 Å². The number of nitrogens with zero attached hydrogens (tertiary/aromatic N) is 2. The summed E-state index contributed by atoms with van der Waals surface area (Å²) in [5.74, 6) is 0. The maximum Gasteiger partial charge on any atom is 0.437 e. The molecular weight excluding hydrogens is 419 g/mol. The van der Waals surface area contributed by atoms with E-state index >= 15 is 0 Å². The molecular formula is C21H17ClF3N3O2. The number of halogens is 4. The van der Waals surface area contributed by atoms with Gasteiger partial charge in [0, 0.05) is 33.3 Å². The third kappa shape index (κ3) is 5.01. The van der Waals surface area contributed by atoms with E-state index in [1.54, 1.807) is 54.8 Å². The SMILES string of the molecule is Cc1cc(C=NOC(=O)Nc2ccc(Cl)cc2)c(C)n1-c1cccc(C(F)(F)F)c1. The van der Waals surface area contributed by atoms with Crippen LogP contribution in [-0.2, 0) is 11.0 Å². The predicted molar refractivity (Wildman–Crippen MR) is 109 cm³/mol. The number of carbonyl (C=O) groups excluding carboxylic acids is 1. The van der Waals surface area contributed by atoms with Gasteiger partial charge < -0.3 is 4.57 Å². The van der Waals surface area contributed by atoms with Crippen LogP contribution in [0.25, 0.3) is 5.69 Å². The van der Waals surface area contributed by atoms with Crippen LogP contribution in [0.5, 0.6) is 0 Å². The number of hydrogen-bond donors (Lipinski definition) is 1. The van der Waals surface area contributed by atoms with Crippen molar-refractivity contribution in [3.63, 3.8) is 0 Å². The first-order valence-electron chi connectivity index (χ1n) is 8.78. The summed E-state index contributed by atoms with van der Waals surface area (Å²) >= 11 is 5.78. The molecule has 1 amide bonds. The Labute approximate surface area is 175 Å². The molecule has 0 unspecified atom stereocenters. The van der Waals surface area contributed by atoms with Gasteiger partial charge in [-0.05, 0) is 62.4 Å². The molecule has 0 saturated heterocycles. The molecule has 0 radical (unpaired) electrons. The summed E-state index contributed by atoms with van der Waals surface area (Å²) in [6, 6.07) is 13.2. The summed E-state index contributed by atoms with van der Waals surface area (Å²) in [6.07, 6.45) is -3.89. The van der Waals surface area contributed by atoms with Gasteiger partial charge in [0.05, 0.1) is 11.8 Å². The summed E-state index contributed by atoms with van der Waals surface area (Å²) in [5.41, 5.74) is 2.09. The summed E-state index contributed by atoms with van der Waals surface area (Å²) in [6.45, 7) is 3.50. The number of carbonyl (C=O) groups is 1. The van der Waals surface area contributed by atoms with Crippen LogP contribution in [0.3, 0.4) is 0 Å². The molecule has 0 fully saturated rings. The Morgan fingerprint density at radius 1 is 1.13 bits per heavy atom. The van der Waals surface area contributed by atoms with Gasteiger partial charge in [0.2, 0.25) is 0 Å². The fraction of sp³-hybridized carbons (Fsp3) is 0.143. The zero-order chi connectivity index (χ0) is 21.9. The van der Waals surface area contributed by atoms with Crippen LogP contribution in [0.15, 0.2) is 59.8 Å². The molecule has 30 heavy (non-hydrogen) atoms. The molecule has 0 spiro atoms. The van der Waals surface area contributed by atoms with Gasteiger partial charge in [0.1, 0.15) is 0 Å². The average Bonchev–Trinajstić information content (AvgIpc) is 2.96. The summed E-state index contributed by atoms with van der Waals surface area (Å²) in [5, 5.41) is 6.68. The number of oxime groups is 1. The standard InChI is InChI=1S/C21H17ClF3N3O2/c1-13-10-15(12-26-30-20(29)27-18-8-6-17(22)7-9-18)14(2)28(13)19-5-3-4-16(11-19)21(23,24)25/h3-12H,1-2H3,(H,27,29). The maximum absolute atomic E-state index is 13.0. The number of aromatic nitrogens is 1. The zero-order valence-electron chi connectivity index (χ0n) is 16.0. The monoisotopic (exact) mass is 435 g/mol. The fourth-order valence-electron chi connectivity index (χ4n) is 2.94. The number of benzene rings is 2. The molecule has 3 aromatic rings. The normalized spacial score (nSPS) is 11.7. The van der Waals surface area contributed by atoms with E-state index in [0.29, 0.717) is 33.3 Å². The largest absolute Gasteiger partial charge is 0.437 e. The summed E-state index contributed by atoms with van der Waals surface area (Å²) in [4.78, 5) is 16.6. The molecule has 5 nitrogen and oxygen atoms in total. The van der Waals surface area contributed by atoms with Crippen LogP contribution in [0.4, 0.5) is 23.7 Å². The number of nitrogens with one attached hydrogen (secondary N) is 1. The smallest absolute Gasteiger partial charge is 0.318 e. The van der Waals surface area contributed by atoms with E-state index in [1.807, 2.05) is 0 Å². The second-order valence-electron chi connectivity index (χ2n) is 6.46. The van der Waals surface area contributed by atoms with E-state index < -0.39 is 17.8 Å². The van der Waals surface area contributed by atoms with Gasteiger partial charge in [0.15, 0.2) is 0 Å². The number of hydrogen-bond acceptors (Lipinski definition) is 3. The van der Waals surface area contributed by atoms with E-state index in [2.05, 4.69) is 10.5 Å². The number of amides is 1. The van der Waals surface area contributed by atoms with Crippen molar-refractivity contribution in [1.82, 2.24) is 4.57 Å². The highest BCUT2D eigenvalue weighted by Gasteiger charge is 2.30. The van der Waals surface area contributed by atoms with Crippen molar-refractivity contribution in [2.75, 3.05) is 5.32 Å². The minimum atomic E-state index is -4.43. The summed E-state index contributed by atoms with van der Waals surface area (Å²) in [7, 11) is 0. The van der Waals surface area contributed by atoms with Crippen molar-refractivity contribution in [1.29, 1.82) is 0 Å². The third-order valence-corrected chi connectivity index (χ3v) is 4.57. The van der Waals surface area contributed by atoms with Gasteiger partial charge in [-0.15, -0.1) is 0 Å². The van der Waals surface area contributed by atoms with Crippen LogP contribution >= 0.6 is 11.6 Å². The topological polar surface area (TPSA) is 55.6 Å². The van der Waals surface area contributed by atoms with E-state index in [9.17, 15) is 18.0 Å². The lowest BCUT2D eigenvalue weighted by molar-refractivity contribution is -0.137. The minimum Gasteiger partial charge on any atom is -0.318 e. The van der Waals surface area contributed by atoms with Gasteiger partial charge in [-0.2, -0.15) is 13.2 Å². The lowest BCUT2D eigenvalue weighted by atomic mass is 10.2. The highest BCUT2D eigenvalue weighted by Crippen LogP contribution is 2.31. The van der Waals surface area contributed by atoms with Gasteiger partial charge in [-0.3, -0.25) is 10.2 Å². The van der Waals surface area contributed by atoms with Crippen molar-refractivity contribution in [3.8, 4) is 5.69 Å². The van der Waals surface area contributed by atoms with Crippen molar-refractivity contribution < 1.29 is 22.8 Å². The fourth-order valence-corrected chi connectivity index (χ4v) is 3.07. The average molecular weight is 436 g/mol. The number of rotatable bonds is 4. The quantitative estimate of drug-likeness (QED) is 0.295. The predicted octanol–water partition coefficient (Wildman–Crippen LogP) is 6.35. The van der Waals surface area contributed by atoms with Crippen molar-refractivity contribution >= 4 is 29.6 Å². The van der Waals surface area contributed by atoms with Gasteiger partial charge in [0.25, 0.3) is 0 Å². The van der Waals surface area contributed by atoms with Crippen molar-refractivity contribution in [3.05, 3.63) is 82.1 Å². The number of anilines is 1. The van der Waals surface area contributed by atoms with Gasteiger partial charge in [-0.25, -0.2) is 4.79 Å². The zero-order valence-corrected chi connectivity index (χ0v) is 16.8. The molecule has 0 saturated carbocycles. The Morgan fingerprint density at radius 3 is 2.50 bits per heavy atom.